The number of aromatic nitrogens is 3. The molecule has 13 nitrogen and oxygen atoms in total. The molecule has 0 aliphatic carbocycles. The molecule has 6 aromatic rings. The largest absolute Gasteiger partial charge is 0.497 e. The first-order chi connectivity index (χ1) is 29.5. The van der Waals surface area contributed by atoms with Crippen molar-refractivity contribution in [3.05, 3.63) is 166 Å². The van der Waals surface area contributed by atoms with Crippen LogP contribution in [-0.2, 0) is 33.0 Å². The van der Waals surface area contributed by atoms with Crippen LogP contribution in [0.4, 0.5) is 22.7 Å². The number of benzene rings is 5. The Bertz CT molecular complexity index is 2540. The van der Waals surface area contributed by atoms with Gasteiger partial charge in [-0.2, -0.15) is 0 Å². The molecule has 1 saturated heterocycles. The van der Waals surface area contributed by atoms with E-state index in [9.17, 15) is 20.0 Å². The van der Waals surface area contributed by atoms with Gasteiger partial charge in [0.25, 0.3) is 11.6 Å². The lowest BCUT2D eigenvalue weighted by atomic mass is 9.82. The minimum Gasteiger partial charge on any atom is -0.497 e. The maximum atomic E-state index is 15.4. The van der Waals surface area contributed by atoms with Crippen LogP contribution in [0, 0.1) is 16.0 Å². The van der Waals surface area contributed by atoms with E-state index in [4.69, 9.17) is 9.47 Å². The van der Waals surface area contributed by atoms with E-state index in [1.165, 1.54) is 12.1 Å². The molecule has 1 spiro atoms. The number of fused-ring (bicyclic) bond motifs is 2. The van der Waals surface area contributed by atoms with Gasteiger partial charge in [0.1, 0.15) is 5.75 Å². The fourth-order valence-electron chi connectivity index (χ4n) is 9.59. The average Bonchev–Trinajstić information content (AvgIpc) is 3.94. The first kappa shape index (κ1) is 41.3. The van der Waals surface area contributed by atoms with Crippen molar-refractivity contribution in [3.63, 3.8) is 0 Å². The summed E-state index contributed by atoms with van der Waals surface area (Å²) in [6, 6.07) is 39.1. The highest BCUT2D eigenvalue weighted by atomic mass is 28.3. The number of non-ortho nitro benzene ring substituents is 1. The smallest absolute Gasteiger partial charge is 0.269 e. The summed E-state index contributed by atoms with van der Waals surface area (Å²) in [7, 11) is -0.910. The number of aliphatic hydroxyl groups is 1. The highest BCUT2D eigenvalue weighted by Crippen LogP contribution is 2.60. The number of nitrogens with zero attached hydrogens (tertiary/aromatic N) is 6. The Kier molecular flexibility index (Phi) is 11.4. The summed E-state index contributed by atoms with van der Waals surface area (Å²) in [5.41, 5.74) is 2.88. The van der Waals surface area contributed by atoms with Gasteiger partial charge in [-0.05, 0) is 65.6 Å². The van der Waals surface area contributed by atoms with Gasteiger partial charge in [0.05, 0.1) is 56.7 Å². The lowest BCUT2D eigenvalue weighted by Gasteiger charge is -2.37. The predicted molar refractivity (Wildman–Crippen MR) is 235 cm³/mol. The van der Waals surface area contributed by atoms with Crippen LogP contribution in [0.1, 0.15) is 41.6 Å². The molecular weight excluding hydrogens is 789 g/mol. The van der Waals surface area contributed by atoms with Crippen molar-refractivity contribution in [1.82, 2.24) is 15.0 Å². The maximum absolute atomic E-state index is 15.4. The summed E-state index contributed by atoms with van der Waals surface area (Å²) in [5.74, 6) is -0.300. The molecule has 2 aliphatic heterocycles. The van der Waals surface area contributed by atoms with Crippen LogP contribution in [0.25, 0.3) is 0 Å². The highest BCUT2D eigenvalue weighted by Gasteiger charge is 2.66. The molecule has 312 valence electrons. The van der Waals surface area contributed by atoms with Crippen LogP contribution in [0.2, 0.25) is 18.6 Å². The number of ether oxygens (including phenoxy) is 2. The molecule has 2 aliphatic rings. The molecule has 8 rings (SSSR count). The van der Waals surface area contributed by atoms with E-state index in [0.29, 0.717) is 41.3 Å². The molecule has 5 aromatic carbocycles. The van der Waals surface area contributed by atoms with E-state index in [1.54, 1.807) is 27.7 Å². The number of carbonyl (C=O) groups excluding carboxylic acids is 2. The van der Waals surface area contributed by atoms with Gasteiger partial charge < -0.3 is 19.5 Å². The van der Waals surface area contributed by atoms with Gasteiger partial charge in [-0.1, -0.05) is 103 Å². The summed E-state index contributed by atoms with van der Waals surface area (Å²) in [4.78, 5) is 42.9. The Hall–Kier alpha value is -6.48. The Morgan fingerprint density at radius 3 is 2.34 bits per heavy atom. The highest BCUT2D eigenvalue weighted by molar-refractivity contribution is 6.91. The van der Waals surface area contributed by atoms with E-state index < -0.39 is 30.6 Å². The maximum Gasteiger partial charge on any atom is 0.269 e. The fourth-order valence-corrected chi connectivity index (χ4v) is 13.6. The molecule has 1 fully saturated rings. The predicted octanol–water partition coefficient (Wildman–Crippen LogP) is 7.47. The standard InChI is InChI=1S/C47H48N6O7Si/c1-32-45(61(3,4)39-21-19-38(59-2)20-22-39)44(24-25-50-29-42(48-49-50)40(30-54)34-13-7-5-8-14-34)60-47(32)41-27-37(53(57)58)18-23-43(41)51(46(47)56)28-33-12-11-17-36(26-33)52(31-55)35-15-9-6-10-16-35/h5-23,26-27,29,31-32,40,44-45,54H,24-25,28,30H2,1-4H3/t32-,40?,44+,45-,47+/m0/s1. The summed E-state index contributed by atoms with van der Waals surface area (Å²) in [6.45, 7) is 7.04. The number of hydrogen-bond donors (Lipinski definition) is 1. The Balaban J connectivity index is 1.17. The number of nitro groups is 1. The van der Waals surface area contributed by atoms with Gasteiger partial charge in [0.15, 0.2) is 5.60 Å². The third-order valence-corrected chi connectivity index (χ3v) is 17.0. The molecule has 0 radical (unpaired) electrons. The monoisotopic (exact) mass is 836 g/mol. The quantitative estimate of drug-likeness (QED) is 0.0481. The number of rotatable bonds is 15. The zero-order valence-electron chi connectivity index (χ0n) is 34.5. The third kappa shape index (κ3) is 7.51. The van der Waals surface area contributed by atoms with Gasteiger partial charge in [0, 0.05) is 47.7 Å². The zero-order valence-corrected chi connectivity index (χ0v) is 35.5. The van der Waals surface area contributed by atoms with Crippen molar-refractivity contribution < 1.29 is 29.1 Å². The summed E-state index contributed by atoms with van der Waals surface area (Å²) < 4.78 is 14.5. The van der Waals surface area contributed by atoms with Crippen LogP contribution >= 0.6 is 0 Å². The summed E-state index contributed by atoms with van der Waals surface area (Å²) in [6.07, 6.45) is 2.63. The second kappa shape index (κ2) is 16.9. The first-order valence-electron chi connectivity index (χ1n) is 20.4. The van der Waals surface area contributed by atoms with E-state index in [0.717, 1.165) is 28.5 Å². The van der Waals surface area contributed by atoms with Crippen LogP contribution in [0.15, 0.2) is 134 Å². The molecule has 3 heterocycles. The number of anilines is 3. The van der Waals surface area contributed by atoms with Gasteiger partial charge in [-0.25, -0.2) is 0 Å². The molecule has 14 heteroatoms. The number of nitro benzene ring substituents is 1. The van der Waals surface area contributed by atoms with Crippen molar-refractivity contribution in [2.75, 3.05) is 23.5 Å². The van der Waals surface area contributed by atoms with E-state index in [2.05, 4.69) is 42.5 Å². The van der Waals surface area contributed by atoms with Gasteiger partial charge in [-0.3, -0.25) is 29.3 Å². The number of methoxy groups -OCH3 is 1. The Morgan fingerprint density at radius 2 is 1.67 bits per heavy atom. The minimum absolute atomic E-state index is 0.130. The van der Waals surface area contributed by atoms with Crippen molar-refractivity contribution in [2.24, 2.45) is 5.92 Å². The van der Waals surface area contributed by atoms with Crippen LogP contribution in [-0.4, -0.2) is 65.2 Å². The topological polar surface area (TPSA) is 153 Å². The Labute approximate surface area is 355 Å². The summed E-state index contributed by atoms with van der Waals surface area (Å²) in [5, 5.41) is 32.7. The number of para-hydroxylation sites is 1. The second-order valence-corrected chi connectivity index (χ2v) is 21.0. The van der Waals surface area contributed by atoms with E-state index in [1.807, 2.05) is 103 Å². The molecule has 2 amide bonds. The number of aliphatic hydroxyl groups excluding tert-OH is 1. The molecular formula is C47H48N6O7Si. The molecule has 1 N–H and O–H groups in total. The lowest BCUT2D eigenvalue weighted by molar-refractivity contribution is -0.385. The fraction of sp³-hybridized carbons (Fsp3) is 0.277. The second-order valence-electron chi connectivity index (χ2n) is 16.3. The number of hydrogen-bond acceptors (Lipinski definition) is 9. The first-order valence-corrected chi connectivity index (χ1v) is 23.5. The van der Waals surface area contributed by atoms with Crippen LogP contribution in [0.3, 0.4) is 0 Å². The van der Waals surface area contributed by atoms with E-state index in [-0.39, 0.29) is 36.2 Å². The average molecular weight is 837 g/mol. The summed E-state index contributed by atoms with van der Waals surface area (Å²) >= 11 is 0. The molecule has 1 unspecified atom stereocenters. The molecule has 5 atom stereocenters. The number of aryl methyl sites for hydroxylation is 1. The van der Waals surface area contributed by atoms with Gasteiger partial charge >= 0.3 is 0 Å². The van der Waals surface area contributed by atoms with Crippen molar-refractivity contribution >= 4 is 48.3 Å². The molecule has 1 aromatic heterocycles. The van der Waals surface area contributed by atoms with E-state index >= 15 is 4.79 Å². The number of amides is 2. The van der Waals surface area contributed by atoms with Crippen LogP contribution < -0.4 is 19.7 Å². The minimum atomic E-state index is -2.54. The Morgan fingerprint density at radius 1 is 0.967 bits per heavy atom. The SMILES string of the molecule is COc1ccc([Si](C)(C)[C@@H]2[C@@H](CCn3cc(C(CO)c4ccccc4)nn3)O[C@]3(C(=O)N(Cc4cccc(N(C=O)c5ccccc5)c4)c4ccc([N+](=O)[O-])cc43)[C@H]2C)cc1. The van der Waals surface area contributed by atoms with Crippen molar-refractivity contribution in [2.45, 2.75) is 62.7 Å². The van der Waals surface area contributed by atoms with Crippen molar-refractivity contribution in [1.29, 1.82) is 0 Å². The normalized spacial score (nSPS) is 20.1. The van der Waals surface area contributed by atoms with Crippen molar-refractivity contribution in [3.8, 4) is 5.75 Å². The molecule has 0 saturated carbocycles. The third-order valence-electron chi connectivity index (χ3n) is 12.6. The lowest BCUT2D eigenvalue weighted by Crippen LogP contribution is -2.51. The van der Waals surface area contributed by atoms with Gasteiger partial charge in [0.2, 0.25) is 6.41 Å². The zero-order chi connectivity index (χ0) is 42.9. The van der Waals surface area contributed by atoms with Crippen LogP contribution in [0.5, 0.6) is 5.75 Å². The number of carbonyl (C=O) groups is 2. The molecule has 61 heavy (non-hydrogen) atoms. The molecule has 0 bridgehead atoms. The van der Waals surface area contributed by atoms with Gasteiger partial charge in [-0.15, -0.1) is 5.10 Å².